The number of rotatable bonds is 6. The van der Waals surface area contributed by atoms with Gasteiger partial charge in [-0.1, -0.05) is 12.1 Å². The first kappa shape index (κ1) is 19.6. The van der Waals surface area contributed by atoms with E-state index in [-0.39, 0.29) is 23.1 Å². The minimum atomic E-state index is -0.288. The molecule has 5 nitrogen and oxygen atoms in total. The normalized spacial score (nSPS) is 20.6. The van der Waals surface area contributed by atoms with Crippen molar-refractivity contribution in [1.29, 1.82) is 0 Å². The molecule has 0 bridgehead atoms. The molecule has 1 atom stereocenters. The lowest BCUT2D eigenvalue weighted by atomic mass is 9.96. The van der Waals surface area contributed by atoms with E-state index in [9.17, 15) is 8.78 Å². The first-order chi connectivity index (χ1) is 14.1. The molecule has 154 valence electrons. The van der Waals surface area contributed by atoms with Gasteiger partial charge in [-0.25, -0.2) is 13.8 Å². The lowest BCUT2D eigenvalue weighted by molar-refractivity contribution is 0.611. The Morgan fingerprint density at radius 2 is 2.03 bits per heavy atom. The standard InChI is InChI=1S/C22H27F2N5/c1-2-25-21(27-15-22(10-11-22)16-5-7-17(23)8-6-16)28-18-9-13-29(14-18)20-19(24)4-3-12-26-20/h3-8,12,18H,2,9-11,13-15H2,1H3,(H2,25,27,28). The molecule has 2 aliphatic rings. The fourth-order valence-electron chi connectivity index (χ4n) is 3.92. The summed E-state index contributed by atoms with van der Waals surface area (Å²) in [5.41, 5.74) is 1.17. The number of guanidine groups is 1. The third kappa shape index (κ3) is 4.49. The molecule has 29 heavy (non-hydrogen) atoms. The number of aliphatic imine (C=N–C) groups is 1. The van der Waals surface area contributed by atoms with Crippen molar-refractivity contribution in [1.82, 2.24) is 15.6 Å². The zero-order chi connectivity index (χ0) is 20.3. The van der Waals surface area contributed by atoms with Gasteiger partial charge in [-0.3, -0.25) is 4.99 Å². The van der Waals surface area contributed by atoms with Crippen molar-refractivity contribution in [2.45, 2.75) is 37.6 Å². The van der Waals surface area contributed by atoms with Gasteiger partial charge >= 0.3 is 0 Å². The van der Waals surface area contributed by atoms with Gasteiger partial charge in [0.2, 0.25) is 0 Å². The van der Waals surface area contributed by atoms with E-state index < -0.39 is 0 Å². The quantitative estimate of drug-likeness (QED) is 0.579. The van der Waals surface area contributed by atoms with Crippen LogP contribution in [0.25, 0.3) is 0 Å². The van der Waals surface area contributed by atoms with Crippen molar-refractivity contribution in [2.24, 2.45) is 4.99 Å². The molecule has 1 aromatic heterocycles. The van der Waals surface area contributed by atoms with Crippen LogP contribution in [0.15, 0.2) is 47.6 Å². The summed E-state index contributed by atoms with van der Waals surface area (Å²) in [7, 11) is 0. The molecule has 1 saturated heterocycles. The van der Waals surface area contributed by atoms with E-state index in [1.807, 2.05) is 24.0 Å². The third-order valence-corrected chi connectivity index (χ3v) is 5.76. The van der Waals surface area contributed by atoms with Crippen LogP contribution in [0.1, 0.15) is 31.7 Å². The molecular weight excluding hydrogens is 372 g/mol. The van der Waals surface area contributed by atoms with Gasteiger partial charge in [0, 0.05) is 37.3 Å². The molecule has 0 radical (unpaired) electrons. The van der Waals surface area contributed by atoms with Crippen LogP contribution in [0.4, 0.5) is 14.6 Å². The van der Waals surface area contributed by atoms with Gasteiger partial charge in [-0.05, 0) is 56.0 Å². The van der Waals surface area contributed by atoms with Gasteiger partial charge in [0.05, 0.1) is 6.54 Å². The van der Waals surface area contributed by atoms with Gasteiger partial charge in [0.25, 0.3) is 0 Å². The summed E-state index contributed by atoms with van der Waals surface area (Å²) in [5, 5.41) is 6.79. The summed E-state index contributed by atoms with van der Waals surface area (Å²) in [6.45, 7) is 4.90. The van der Waals surface area contributed by atoms with E-state index in [1.54, 1.807) is 12.3 Å². The molecule has 1 aliphatic heterocycles. The van der Waals surface area contributed by atoms with Gasteiger partial charge in [0.15, 0.2) is 17.6 Å². The Hall–Kier alpha value is -2.70. The molecule has 0 spiro atoms. The van der Waals surface area contributed by atoms with Crippen molar-refractivity contribution in [3.05, 3.63) is 59.8 Å². The Kier molecular flexibility index (Phi) is 5.65. The Morgan fingerprint density at radius 1 is 1.24 bits per heavy atom. The highest BCUT2D eigenvalue weighted by atomic mass is 19.1. The van der Waals surface area contributed by atoms with Crippen LogP contribution in [0.2, 0.25) is 0 Å². The minimum absolute atomic E-state index is 0.0227. The lowest BCUT2D eigenvalue weighted by Gasteiger charge is -2.20. The first-order valence-corrected chi connectivity index (χ1v) is 10.3. The van der Waals surface area contributed by atoms with E-state index >= 15 is 0 Å². The van der Waals surface area contributed by atoms with Gasteiger partial charge in [-0.15, -0.1) is 0 Å². The van der Waals surface area contributed by atoms with Gasteiger partial charge in [0.1, 0.15) is 5.82 Å². The summed E-state index contributed by atoms with van der Waals surface area (Å²) in [5.74, 6) is 0.683. The SMILES string of the molecule is CCNC(=NCC1(c2ccc(F)cc2)CC1)NC1CCN(c2ncccc2F)C1. The van der Waals surface area contributed by atoms with Crippen LogP contribution in [-0.4, -0.2) is 43.2 Å². The fraction of sp³-hybridized carbons (Fsp3) is 0.455. The van der Waals surface area contributed by atoms with E-state index in [2.05, 4.69) is 15.6 Å². The largest absolute Gasteiger partial charge is 0.357 e. The average Bonchev–Trinajstić information content (AvgIpc) is 3.38. The summed E-state index contributed by atoms with van der Waals surface area (Å²) in [4.78, 5) is 11.0. The van der Waals surface area contributed by atoms with E-state index in [0.717, 1.165) is 43.9 Å². The maximum absolute atomic E-state index is 14.0. The molecule has 1 aromatic carbocycles. The molecule has 0 amide bonds. The number of aromatic nitrogens is 1. The Bertz CT molecular complexity index is 864. The third-order valence-electron chi connectivity index (χ3n) is 5.76. The summed E-state index contributed by atoms with van der Waals surface area (Å²) in [6.07, 6.45) is 4.65. The Balaban J connectivity index is 1.39. The van der Waals surface area contributed by atoms with Crippen molar-refractivity contribution < 1.29 is 8.78 Å². The molecule has 1 unspecified atom stereocenters. The number of hydrogen-bond acceptors (Lipinski definition) is 3. The van der Waals surface area contributed by atoms with Crippen molar-refractivity contribution in [2.75, 3.05) is 31.1 Å². The Morgan fingerprint density at radius 3 is 2.72 bits per heavy atom. The topological polar surface area (TPSA) is 52.6 Å². The minimum Gasteiger partial charge on any atom is -0.357 e. The summed E-state index contributed by atoms with van der Waals surface area (Å²) < 4.78 is 27.2. The predicted octanol–water partition coefficient (Wildman–Crippen LogP) is 3.23. The molecule has 2 N–H and O–H groups in total. The number of benzene rings is 1. The molecule has 7 heteroatoms. The van der Waals surface area contributed by atoms with Crippen molar-refractivity contribution in [3.63, 3.8) is 0 Å². The lowest BCUT2D eigenvalue weighted by Crippen LogP contribution is -2.45. The molecular formula is C22H27F2N5. The molecule has 1 saturated carbocycles. The monoisotopic (exact) mass is 399 g/mol. The van der Waals surface area contributed by atoms with Crippen LogP contribution in [0.5, 0.6) is 0 Å². The van der Waals surface area contributed by atoms with Crippen molar-refractivity contribution >= 4 is 11.8 Å². The van der Waals surface area contributed by atoms with Crippen molar-refractivity contribution in [3.8, 4) is 0 Å². The molecule has 2 aromatic rings. The van der Waals surface area contributed by atoms with Gasteiger partial charge in [-0.2, -0.15) is 0 Å². The van der Waals surface area contributed by atoms with Crippen LogP contribution in [-0.2, 0) is 5.41 Å². The molecule has 2 fully saturated rings. The summed E-state index contributed by atoms with van der Waals surface area (Å²) >= 11 is 0. The Labute approximate surface area is 170 Å². The highest BCUT2D eigenvalue weighted by molar-refractivity contribution is 5.80. The zero-order valence-corrected chi connectivity index (χ0v) is 16.7. The van der Waals surface area contributed by atoms with Crippen LogP contribution in [0, 0.1) is 11.6 Å². The van der Waals surface area contributed by atoms with Gasteiger partial charge < -0.3 is 15.5 Å². The summed E-state index contributed by atoms with van der Waals surface area (Å²) in [6, 6.07) is 10.0. The van der Waals surface area contributed by atoms with Crippen LogP contribution >= 0.6 is 0 Å². The number of nitrogens with zero attached hydrogens (tertiary/aromatic N) is 3. The second kappa shape index (κ2) is 8.35. The number of pyridine rings is 1. The van der Waals surface area contributed by atoms with E-state index in [4.69, 9.17) is 4.99 Å². The average molecular weight is 399 g/mol. The highest BCUT2D eigenvalue weighted by Crippen LogP contribution is 2.48. The molecule has 2 heterocycles. The van der Waals surface area contributed by atoms with E-state index in [0.29, 0.717) is 18.9 Å². The van der Waals surface area contributed by atoms with Crippen LogP contribution in [0.3, 0.4) is 0 Å². The van der Waals surface area contributed by atoms with E-state index in [1.165, 1.54) is 18.2 Å². The molecule has 1 aliphatic carbocycles. The first-order valence-electron chi connectivity index (χ1n) is 10.3. The fourth-order valence-corrected chi connectivity index (χ4v) is 3.92. The highest BCUT2D eigenvalue weighted by Gasteiger charge is 2.44. The maximum Gasteiger partial charge on any atom is 0.191 e. The second-order valence-corrected chi connectivity index (χ2v) is 7.87. The number of hydrogen-bond donors (Lipinski definition) is 2. The number of halogens is 2. The number of nitrogens with one attached hydrogen (secondary N) is 2. The second-order valence-electron chi connectivity index (χ2n) is 7.87. The number of anilines is 1. The predicted molar refractivity (Wildman–Crippen MR) is 111 cm³/mol. The smallest absolute Gasteiger partial charge is 0.191 e. The zero-order valence-electron chi connectivity index (χ0n) is 16.7. The maximum atomic E-state index is 14.0. The molecule has 4 rings (SSSR count). The van der Waals surface area contributed by atoms with Crippen LogP contribution < -0.4 is 15.5 Å².